The molecule has 3 amide bonds. The number of nitrogens with zero attached hydrogens (tertiary/aromatic N) is 1. The summed E-state index contributed by atoms with van der Waals surface area (Å²) in [5, 5.41) is 5.55. The molecule has 0 radical (unpaired) electrons. The van der Waals surface area contributed by atoms with Crippen LogP contribution in [0.1, 0.15) is 40.8 Å². The molecular formula is C27H30ClFN4O4. The fraction of sp³-hybridized carbons (Fsp3) is 0.296. The Hall–Kier alpha value is -3.85. The molecule has 1 aromatic heterocycles. The van der Waals surface area contributed by atoms with Crippen LogP contribution in [-0.4, -0.2) is 23.1 Å². The molecule has 1 aliphatic carbocycles. The summed E-state index contributed by atoms with van der Waals surface area (Å²) < 4.78 is 21.3. The SMILES string of the molecule is Cc1ccc(C)c(-n2c(C)cc(OCc3ccc(F)cc3CNC(=O)NC3CC3)c(Cl)c2=O)c1.NC=O. The number of carbonyl (C=O) groups excluding carboxylic acids is 2. The number of benzene rings is 2. The number of amides is 3. The van der Waals surface area contributed by atoms with Gasteiger partial charge in [0.2, 0.25) is 6.41 Å². The summed E-state index contributed by atoms with van der Waals surface area (Å²) in [4.78, 5) is 33.7. The van der Waals surface area contributed by atoms with Gasteiger partial charge < -0.3 is 21.1 Å². The molecule has 4 rings (SSSR count). The van der Waals surface area contributed by atoms with Gasteiger partial charge in [-0.2, -0.15) is 0 Å². The monoisotopic (exact) mass is 528 g/mol. The zero-order valence-corrected chi connectivity index (χ0v) is 21.7. The second-order valence-electron chi connectivity index (χ2n) is 8.83. The van der Waals surface area contributed by atoms with E-state index < -0.39 is 5.82 Å². The van der Waals surface area contributed by atoms with Gasteiger partial charge in [-0.25, -0.2) is 9.18 Å². The minimum absolute atomic E-state index is 0.0305. The molecule has 0 saturated heterocycles. The van der Waals surface area contributed by atoms with E-state index in [9.17, 15) is 14.0 Å². The van der Waals surface area contributed by atoms with Crippen LogP contribution >= 0.6 is 11.6 Å². The number of hydrogen-bond acceptors (Lipinski definition) is 4. The van der Waals surface area contributed by atoms with Gasteiger partial charge in [-0.1, -0.05) is 29.8 Å². The van der Waals surface area contributed by atoms with Gasteiger partial charge in [0.15, 0.2) is 0 Å². The molecule has 10 heteroatoms. The van der Waals surface area contributed by atoms with E-state index in [0.717, 1.165) is 29.7 Å². The number of pyridine rings is 1. The first-order chi connectivity index (χ1) is 17.6. The highest BCUT2D eigenvalue weighted by Gasteiger charge is 2.23. The Balaban J connectivity index is 0.00000121. The third-order valence-electron chi connectivity index (χ3n) is 5.81. The van der Waals surface area contributed by atoms with Crippen molar-refractivity contribution in [3.05, 3.63) is 91.6 Å². The molecule has 0 spiro atoms. The van der Waals surface area contributed by atoms with Crippen LogP contribution < -0.4 is 26.7 Å². The van der Waals surface area contributed by atoms with Crippen molar-refractivity contribution in [2.45, 2.75) is 52.8 Å². The van der Waals surface area contributed by atoms with Gasteiger partial charge in [0.1, 0.15) is 23.2 Å². The quantitative estimate of drug-likeness (QED) is 0.399. The van der Waals surface area contributed by atoms with Crippen LogP contribution in [0.3, 0.4) is 0 Å². The molecule has 1 saturated carbocycles. The summed E-state index contributed by atoms with van der Waals surface area (Å²) in [6.45, 7) is 5.93. The van der Waals surface area contributed by atoms with Gasteiger partial charge >= 0.3 is 6.03 Å². The third kappa shape index (κ3) is 7.33. The first kappa shape index (κ1) is 27.7. The maximum Gasteiger partial charge on any atom is 0.315 e. The van der Waals surface area contributed by atoms with Gasteiger partial charge in [0.05, 0.1) is 5.69 Å². The van der Waals surface area contributed by atoms with E-state index in [2.05, 4.69) is 16.4 Å². The van der Waals surface area contributed by atoms with Gasteiger partial charge in [0, 0.05) is 24.3 Å². The van der Waals surface area contributed by atoms with Crippen molar-refractivity contribution in [3.63, 3.8) is 0 Å². The zero-order valence-electron chi connectivity index (χ0n) is 20.9. The number of halogens is 2. The lowest BCUT2D eigenvalue weighted by molar-refractivity contribution is -0.106. The van der Waals surface area contributed by atoms with Crippen LogP contribution in [0.2, 0.25) is 5.02 Å². The van der Waals surface area contributed by atoms with Gasteiger partial charge in [-0.05, 0) is 74.1 Å². The average molecular weight is 529 g/mol. The fourth-order valence-corrected chi connectivity index (χ4v) is 3.93. The summed E-state index contributed by atoms with van der Waals surface area (Å²) in [6.07, 6.45) is 2.21. The maximum absolute atomic E-state index is 13.9. The molecule has 0 unspecified atom stereocenters. The zero-order chi connectivity index (χ0) is 27.1. The lowest BCUT2D eigenvalue weighted by atomic mass is 10.1. The predicted octanol–water partition coefficient (Wildman–Crippen LogP) is 4.20. The molecule has 37 heavy (non-hydrogen) atoms. The largest absolute Gasteiger partial charge is 0.487 e. The minimum Gasteiger partial charge on any atom is -0.487 e. The van der Waals surface area contributed by atoms with Crippen LogP contribution in [-0.2, 0) is 17.9 Å². The topological polar surface area (TPSA) is 115 Å². The van der Waals surface area contributed by atoms with Crippen molar-refractivity contribution in [2.24, 2.45) is 5.73 Å². The van der Waals surface area contributed by atoms with Crippen molar-refractivity contribution in [1.29, 1.82) is 0 Å². The molecule has 3 aromatic rings. The summed E-state index contributed by atoms with van der Waals surface area (Å²) >= 11 is 6.42. The molecule has 8 nitrogen and oxygen atoms in total. The summed E-state index contributed by atoms with van der Waals surface area (Å²) in [6, 6.07) is 11.8. The molecule has 0 bridgehead atoms. The lowest BCUT2D eigenvalue weighted by Crippen LogP contribution is -2.36. The summed E-state index contributed by atoms with van der Waals surface area (Å²) in [5.41, 5.74) is 8.50. The highest BCUT2D eigenvalue weighted by molar-refractivity contribution is 6.31. The Morgan fingerprint density at radius 3 is 2.54 bits per heavy atom. The molecular weight excluding hydrogens is 499 g/mol. The normalized spacial score (nSPS) is 12.2. The second-order valence-corrected chi connectivity index (χ2v) is 9.21. The standard InChI is InChI=1S/C26H27ClFN3O3.CH3NO/c1-15-4-5-16(2)22(10-15)31-17(3)11-23(24(27)25(31)32)34-14-18-6-7-20(28)12-19(18)13-29-26(33)30-21-8-9-21;2-1-3/h4-7,10-12,21H,8-9,13-14H2,1-3H3,(H2,29,30,33);1H,(H2,2,3). The van der Waals surface area contributed by atoms with E-state index in [1.807, 2.05) is 39.0 Å². The molecule has 0 aliphatic heterocycles. The number of rotatable bonds is 7. The van der Waals surface area contributed by atoms with E-state index in [-0.39, 0.29) is 48.0 Å². The van der Waals surface area contributed by atoms with Crippen molar-refractivity contribution in [3.8, 4) is 11.4 Å². The Kier molecular flexibility index (Phi) is 9.30. The van der Waals surface area contributed by atoms with Crippen LogP contribution in [0.15, 0.2) is 47.3 Å². The van der Waals surface area contributed by atoms with Crippen LogP contribution in [0.25, 0.3) is 5.69 Å². The number of urea groups is 1. The maximum atomic E-state index is 13.9. The number of nitrogens with two attached hydrogens (primary N) is 1. The van der Waals surface area contributed by atoms with Crippen molar-refractivity contribution in [1.82, 2.24) is 15.2 Å². The Morgan fingerprint density at radius 2 is 1.86 bits per heavy atom. The average Bonchev–Trinajstić information content (AvgIpc) is 3.66. The molecule has 196 valence electrons. The molecule has 1 heterocycles. The molecule has 0 atom stereocenters. The van der Waals surface area contributed by atoms with E-state index in [1.54, 1.807) is 16.7 Å². The predicted molar refractivity (Wildman–Crippen MR) is 141 cm³/mol. The molecule has 4 N–H and O–H groups in total. The minimum atomic E-state index is -0.409. The van der Waals surface area contributed by atoms with Gasteiger partial charge in [-0.3, -0.25) is 14.2 Å². The summed E-state index contributed by atoms with van der Waals surface area (Å²) in [7, 11) is 0. The first-order valence-electron chi connectivity index (χ1n) is 11.7. The van der Waals surface area contributed by atoms with E-state index in [4.69, 9.17) is 21.1 Å². The Bertz CT molecular complexity index is 1350. The van der Waals surface area contributed by atoms with Gasteiger partial charge in [0.25, 0.3) is 5.56 Å². The Morgan fingerprint density at radius 1 is 1.16 bits per heavy atom. The molecule has 1 aliphatic rings. The van der Waals surface area contributed by atoms with Crippen LogP contribution in [0.4, 0.5) is 9.18 Å². The molecule has 2 aromatic carbocycles. The third-order valence-corrected chi connectivity index (χ3v) is 6.16. The number of ether oxygens (including phenoxy) is 1. The fourth-order valence-electron chi connectivity index (χ4n) is 3.74. The van der Waals surface area contributed by atoms with E-state index in [1.165, 1.54) is 12.1 Å². The number of carbonyl (C=O) groups is 2. The van der Waals surface area contributed by atoms with Crippen molar-refractivity contribution >= 4 is 24.0 Å². The number of aromatic nitrogens is 1. The number of primary amides is 1. The van der Waals surface area contributed by atoms with Crippen LogP contribution in [0.5, 0.6) is 5.75 Å². The summed E-state index contributed by atoms with van der Waals surface area (Å²) in [5.74, 6) is -0.159. The van der Waals surface area contributed by atoms with E-state index in [0.29, 0.717) is 16.8 Å². The Labute approximate surface area is 219 Å². The van der Waals surface area contributed by atoms with Crippen molar-refractivity contribution in [2.75, 3.05) is 0 Å². The smallest absolute Gasteiger partial charge is 0.315 e. The van der Waals surface area contributed by atoms with Gasteiger partial charge in [-0.15, -0.1) is 0 Å². The molecule has 1 fully saturated rings. The first-order valence-corrected chi connectivity index (χ1v) is 12.1. The second kappa shape index (κ2) is 12.4. The number of hydrogen-bond donors (Lipinski definition) is 3. The number of nitrogens with one attached hydrogen (secondary N) is 2. The highest BCUT2D eigenvalue weighted by Crippen LogP contribution is 2.26. The van der Waals surface area contributed by atoms with Crippen molar-refractivity contribution < 1.29 is 18.7 Å². The van der Waals surface area contributed by atoms with Crippen LogP contribution in [0, 0.1) is 26.6 Å². The highest BCUT2D eigenvalue weighted by atomic mass is 35.5. The van der Waals surface area contributed by atoms with E-state index >= 15 is 0 Å². The lowest BCUT2D eigenvalue weighted by Gasteiger charge is -2.17. The number of aryl methyl sites for hydroxylation is 3.